The van der Waals surface area contributed by atoms with Crippen LogP contribution in [0.3, 0.4) is 0 Å². The Labute approximate surface area is 325 Å². The first kappa shape index (κ1) is 55.5. The van der Waals surface area contributed by atoms with E-state index in [0.717, 1.165) is 42.7 Å². The van der Waals surface area contributed by atoms with Gasteiger partial charge in [-0.2, -0.15) is 13.2 Å². The molecule has 0 spiro atoms. The number of carboxylic acid groups (broad SMARTS) is 1. The number of halogens is 6. The van der Waals surface area contributed by atoms with Gasteiger partial charge in [-0.15, -0.1) is 0 Å². The molecular weight excluding hydrogens is 772 g/mol. The maximum Gasteiger partial charge on any atom is 0.490 e. The van der Waals surface area contributed by atoms with E-state index in [1.165, 1.54) is 6.39 Å². The number of benzene rings is 3. The minimum absolute atomic E-state index is 0. The molecule has 0 radical (unpaired) electrons. The van der Waals surface area contributed by atoms with Crippen LogP contribution < -0.4 is 20.7 Å². The van der Waals surface area contributed by atoms with Crippen LogP contribution in [0.2, 0.25) is 0 Å². The molecule has 0 aliphatic heterocycles. The van der Waals surface area contributed by atoms with Crippen molar-refractivity contribution in [3.05, 3.63) is 96.5 Å². The molecule has 14 nitrogen and oxygen atoms in total. The van der Waals surface area contributed by atoms with Crippen molar-refractivity contribution >= 4 is 29.5 Å². The van der Waals surface area contributed by atoms with E-state index in [2.05, 4.69) is 46.6 Å². The molecule has 320 valence electrons. The Balaban J connectivity index is -0.00000222. The fourth-order valence-electron chi connectivity index (χ4n) is 5.11. The second kappa shape index (κ2) is 27.7. The summed E-state index contributed by atoms with van der Waals surface area (Å²) in [5, 5.41) is 15.6. The molecule has 0 bridgehead atoms. The number of aliphatic carboxylic acids is 1. The first-order valence-corrected chi connectivity index (χ1v) is 16.5. The summed E-state index contributed by atoms with van der Waals surface area (Å²) in [6, 6.07) is 21.9. The average molecular weight is 824 g/mol. The number of carboxylic acids is 1. The SMILES string of the molecule is CCCN(CCC(OC(=O)NCc1cccc(NC(=O)Nc2ccc(-c3cnco3)c(OC)c2)c1)c1ccccc1)CC(C)C.F.F.F.O.O.O=C(O)C(F)(F)F. The Morgan fingerprint density at radius 3 is 2.09 bits per heavy atom. The van der Waals surface area contributed by atoms with E-state index < -0.39 is 24.3 Å². The van der Waals surface area contributed by atoms with E-state index in [9.17, 15) is 22.8 Å². The van der Waals surface area contributed by atoms with Crippen LogP contribution in [-0.4, -0.2) is 77.0 Å². The van der Waals surface area contributed by atoms with Crippen molar-refractivity contribution in [2.75, 3.05) is 37.4 Å². The first-order valence-electron chi connectivity index (χ1n) is 16.5. The van der Waals surface area contributed by atoms with Gasteiger partial charge in [0.2, 0.25) is 0 Å². The van der Waals surface area contributed by atoms with Gasteiger partial charge in [0.1, 0.15) is 11.9 Å². The number of urea groups is 1. The van der Waals surface area contributed by atoms with Gasteiger partial charge in [0, 0.05) is 43.5 Å². The number of ether oxygens (including phenoxy) is 2. The summed E-state index contributed by atoms with van der Waals surface area (Å²) in [4.78, 5) is 40.9. The molecule has 57 heavy (non-hydrogen) atoms. The molecule has 3 aromatic carbocycles. The van der Waals surface area contributed by atoms with E-state index in [4.69, 9.17) is 23.8 Å². The normalized spacial score (nSPS) is 10.6. The monoisotopic (exact) mass is 823 g/mol. The molecule has 20 heteroatoms. The van der Waals surface area contributed by atoms with Crippen molar-refractivity contribution < 1.29 is 71.6 Å². The van der Waals surface area contributed by atoms with Crippen LogP contribution in [0.4, 0.5) is 48.2 Å². The van der Waals surface area contributed by atoms with Gasteiger partial charge in [0.15, 0.2) is 12.2 Å². The van der Waals surface area contributed by atoms with Crippen molar-refractivity contribution in [3.8, 4) is 17.1 Å². The second-order valence-electron chi connectivity index (χ2n) is 12.0. The molecule has 4 aromatic rings. The minimum atomic E-state index is -5.08. The van der Waals surface area contributed by atoms with E-state index in [1.54, 1.807) is 43.6 Å². The van der Waals surface area contributed by atoms with Gasteiger partial charge in [-0.3, -0.25) is 14.1 Å². The van der Waals surface area contributed by atoms with Crippen molar-refractivity contribution in [2.24, 2.45) is 5.92 Å². The lowest BCUT2D eigenvalue weighted by Gasteiger charge is -2.26. The zero-order valence-corrected chi connectivity index (χ0v) is 31.6. The number of anilines is 2. The van der Waals surface area contributed by atoms with Crippen LogP contribution in [-0.2, 0) is 16.1 Å². The Bertz CT molecular complexity index is 1720. The molecule has 0 aliphatic rings. The third-order valence-corrected chi connectivity index (χ3v) is 7.31. The van der Waals surface area contributed by atoms with Crippen LogP contribution in [0.25, 0.3) is 11.3 Å². The van der Waals surface area contributed by atoms with Gasteiger partial charge in [0.05, 0.1) is 18.9 Å². The van der Waals surface area contributed by atoms with Gasteiger partial charge in [-0.25, -0.2) is 19.4 Å². The summed E-state index contributed by atoms with van der Waals surface area (Å²) in [7, 11) is 1.55. The number of carbonyl (C=O) groups excluding carboxylic acids is 2. The Morgan fingerprint density at radius 2 is 1.54 bits per heavy atom. The van der Waals surface area contributed by atoms with Crippen LogP contribution in [0, 0.1) is 5.92 Å². The lowest BCUT2D eigenvalue weighted by atomic mass is 10.1. The molecule has 1 aromatic heterocycles. The zero-order chi connectivity index (χ0) is 38.1. The molecule has 8 N–H and O–H groups in total. The van der Waals surface area contributed by atoms with Crippen molar-refractivity contribution in [2.45, 2.75) is 52.4 Å². The highest BCUT2D eigenvalue weighted by Crippen LogP contribution is 2.32. The van der Waals surface area contributed by atoms with Gasteiger partial charge < -0.3 is 50.8 Å². The summed E-state index contributed by atoms with van der Waals surface area (Å²) < 4.78 is 48.5. The molecule has 0 fully saturated rings. The number of aromatic nitrogens is 1. The summed E-state index contributed by atoms with van der Waals surface area (Å²) in [6.07, 6.45) is -1.22. The van der Waals surface area contributed by atoms with Crippen LogP contribution in [0.5, 0.6) is 5.75 Å². The predicted molar refractivity (Wildman–Crippen MR) is 205 cm³/mol. The molecule has 3 amide bonds. The summed E-state index contributed by atoms with van der Waals surface area (Å²) >= 11 is 0. The van der Waals surface area contributed by atoms with Gasteiger partial charge in [-0.1, -0.05) is 63.2 Å². The Kier molecular flexibility index (Phi) is 26.9. The summed E-state index contributed by atoms with van der Waals surface area (Å²) in [5.41, 5.74) is 3.62. The number of methoxy groups -OCH3 is 1. The van der Waals surface area contributed by atoms with Crippen molar-refractivity contribution in [1.29, 1.82) is 0 Å². The third-order valence-electron chi connectivity index (χ3n) is 7.31. The smallest absolute Gasteiger partial charge is 0.490 e. The molecule has 0 aliphatic carbocycles. The van der Waals surface area contributed by atoms with Crippen LogP contribution >= 0.6 is 0 Å². The molecule has 1 unspecified atom stereocenters. The van der Waals surface area contributed by atoms with Gasteiger partial charge in [0.25, 0.3) is 0 Å². The molecular formula is C37H51F6N5O9. The number of nitrogens with one attached hydrogen (secondary N) is 3. The topological polar surface area (TPSA) is 218 Å². The van der Waals surface area contributed by atoms with E-state index in [1.807, 2.05) is 42.5 Å². The largest absolute Gasteiger partial charge is 0.496 e. The van der Waals surface area contributed by atoms with Crippen LogP contribution in [0.15, 0.2) is 89.8 Å². The molecule has 4 rings (SSSR count). The predicted octanol–water partition coefficient (Wildman–Crippen LogP) is 7.16. The summed E-state index contributed by atoms with van der Waals surface area (Å²) in [6.45, 7) is 9.72. The van der Waals surface area contributed by atoms with Gasteiger partial charge in [-0.05, 0) is 54.3 Å². The highest BCUT2D eigenvalue weighted by molar-refractivity contribution is 6.00. The second-order valence-corrected chi connectivity index (χ2v) is 12.0. The van der Waals surface area contributed by atoms with E-state index >= 15 is 0 Å². The fourth-order valence-corrected chi connectivity index (χ4v) is 5.11. The quantitative estimate of drug-likeness (QED) is 0.0893. The maximum atomic E-state index is 12.9. The first-order chi connectivity index (χ1) is 24.8. The number of nitrogens with zero attached hydrogens (tertiary/aromatic N) is 2. The van der Waals surface area contributed by atoms with Gasteiger partial charge >= 0.3 is 24.3 Å². The van der Waals surface area contributed by atoms with E-state index in [-0.39, 0.29) is 37.7 Å². The van der Waals surface area contributed by atoms with Crippen molar-refractivity contribution in [3.63, 3.8) is 0 Å². The molecule has 1 atom stereocenters. The van der Waals surface area contributed by atoms with E-state index in [0.29, 0.717) is 35.2 Å². The highest BCUT2D eigenvalue weighted by Gasteiger charge is 2.38. The number of rotatable bonds is 15. The Hall–Kier alpha value is -5.86. The lowest BCUT2D eigenvalue weighted by Crippen LogP contribution is -2.32. The minimum Gasteiger partial charge on any atom is -0.496 e. The van der Waals surface area contributed by atoms with Crippen molar-refractivity contribution in [1.82, 2.24) is 15.2 Å². The standard InChI is InChI=1S/C35H43N5O5.C2HF3O2.3FH.2H2O/c1-5-17-40(23-25(2)3)18-16-31(27-11-7-6-8-12-27)45-35(42)37-21-26-10-9-13-28(19-26)38-34(41)39-29-14-15-30(32(20-29)43-4)33-22-36-24-44-33;3-2(4,5)1(6)7;;;;;/h6-15,19-20,22,24-25,31H,5,16-18,21,23H2,1-4H3,(H,37,42)(H2,38,39,41);(H,6,7);3*1H;2*1H2. The third kappa shape index (κ3) is 19.5. The number of hydrogen-bond donors (Lipinski definition) is 4. The number of amides is 3. The number of hydrogen-bond acceptors (Lipinski definition) is 8. The molecule has 0 saturated heterocycles. The summed E-state index contributed by atoms with van der Waals surface area (Å²) in [5.74, 6) is -1.10. The fraction of sp³-hybridized carbons (Fsp3) is 0.351. The number of oxazole rings is 1. The molecule has 1 heterocycles. The number of carbonyl (C=O) groups is 3. The lowest BCUT2D eigenvalue weighted by molar-refractivity contribution is -0.192. The molecule has 0 saturated carbocycles. The highest BCUT2D eigenvalue weighted by atomic mass is 19.4. The number of alkyl carbamates (subject to hydrolysis) is 1. The Morgan fingerprint density at radius 1 is 0.912 bits per heavy atom. The zero-order valence-electron chi connectivity index (χ0n) is 31.6. The maximum absolute atomic E-state index is 12.9. The average Bonchev–Trinajstić information content (AvgIpc) is 3.64. The van der Waals surface area contributed by atoms with Crippen LogP contribution in [0.1, 0.15) is 50.8 Å². The number of alkyl halides is 3.